The van der Waals surface area contributed by atoms with Crippen LogP contribution >= 0.6 is 0 Å². The molecule has 0 aliphatic heterocycles. The summed E-state index contributed by atoms with van der Waals surface area (Å²) in [7, 11) is 1.41. The van der Waals surface area contributed by atoms with Crippen molar-refractivity contribution in [3.63, 3.8) is 0 Å². The van der Waals surface area contributed by atoms with Crippen LogP contribution in [0.2, 0.25) is 0 Å². The molecule has 3 heteroatoms. The predicted molar refractivity (Wildman–Crippen MR) is 67.5 cm³/mol. The van der Waals surface area contributed by atoms with Crippen LogP contribution in [-0.4, -0.2) is 23.8 Å². The fourth-order valence-corrected chi connectivity index (χ4v) is 3.40. The summed E-state index contributed by atoms with van der Waals surface area (Å²) >= 11 is 0. The van der Waals surface area contributed by atoms with Gasteiger partial charge in [-0.3, -0.25) is 4.79 Å². The third kappa shape index (κ3) is 2.82. The van der Waals surface area contributed by atoms with E-state index in [1.807, 2.05) is 13.8 Å². The van der Waals surface area contributed by atoms with E-state index in [2.05, 4.69) is 6.92 Å². The van der Waals surface area contributed by atoms with E-state index in [0.717, 1.165) is 32.1 Å². The summed E-state index contributed by atoms with van der Waals surface area (Å²) in [5.74, 6) is -0.317. The Balaban J connectivity index is 2.99. The highest BCUT2D eigenvalue weighted by Gasteiger charge is 2.49. The number of methoxy groups -OCH3 is 1. The molecule has 3 unspecified atom stereocenters. The minimum absolute atomic E-state index is 0.111. The number of ether oxygens (including phenoxy) is 1. The average Bonchev–Trinajstić information content (AvgIpc) is 2.28. The molecular weight excluding hydrogens is 216 g/mol. The highest BCUT2D eigenvalue weighted by atomic mass is 16.5. The lowest BCUT2D eigenvalue weighted by molar-refractivity contribution is -0.170. The van der Waals surface area contributed by atoms with Crippen LogP contribution in [0, 0.1) is 17.8 Å². The Labute approximate surface area is 105 Å². The van der Waals surface area contributed by atoms with E-state index in [0.29, 0.717) is 0 Å². The minimum atomic E-state index is -0.867. The van der Waals surface area contributed by atoms with Gasteiger partial charge in [-0.15, -0.1) is 0 Å². The Morgan fingerprint density at radius 1 is 1.47 bits per heavy atom. The molecule has 0 radical (unpaired) electrons. The fourth-order valence-electron chi connectivity index (χ4n) is 3.40. The summed E-state index contributed by atoms with van der Waals surface area (Å²) in [6.07, 6.45) is 4.84. The highest BCUT2D eigenvalue weighted by molar-refractivity contribution is 5.74. The zero-order chi connectivity index (χ0) is 13.1. The molecule has 0 spiro atoms. The van der Waals surface area contributed by atoms with Gasteiger partial charge in [0.05, 0.1) is 18.6 Å². The fraction of sp³-hybridized carbons (Fsp3) is 0.929. The number of rotatable bonds is 4. The Hall–Kier alpha value is -0.570. The SMILES string of the molecule is CCC1CCCCC1(O)C(C(=O)OC)C(C)C. The molecule has 1 aliphatic rings. The lowest BCUT2D eigenvalue weighted by atomic mass is 9.64. The van der Waals surface area contributed by atoms with E-state index >= 15 is 0 Å². The largest absolute Gasteiger partial charge is 0.469 e. The summed E-state index contributed by atoms with van der Waals surface area (Å²) in [6, 6.07) is 0. The number of carbonyl (C=O) groups is 1. The maximum absolute atomic E-state index is 11.9. The number of aliphatic hydroxyl groups is 1. The first kappa shape index (κ1) is 14.5. The van der Waals surface area contributed by atoms with E-state index in [4.69, 9.17) is 4.74 Å². The second kappa shape index (κ2) is 5.85. The topological polar surface area (TPSA) is 46.5 Å². The first-order valence-electron chi connectivity index (χ1n) is 6.77. The average molecular weight is 242 g/mol. The summed E-state index contributed by atoms with van der Waals surface area (Å²) in [5, 5.41) is 11.0. The molecule has 3 atom stereocenters. The van der Waals surface area contributed by atoms with Crippen molar-refractivity contribution >= 4 is 5.97 Å². The molecule has 0 amide bonds. The second-order valence-corrected chi connectivity index (χ2v) is 5.59. The van der Waals surface area contributed by atoms with Crippen LogP contribution in [-0.2, 0) is 9.53 Å². The van der Waals surface area contributed by atoms with Gasteiger partial charge in [0.15, 0.2) is 0 Å². The molecule has 100 valence electrons. The van der Waals surface area contributed by atoms with E-state index in [-0.39, 0.29) is 17.8 Å². The van der Waals surface area contributed by atoms with Gasteiger partial charge in [0.25, 0.3) is 0 Å². The molecule has 1 aliphatic carbocycles. The third-order valence-corrected chi connectivity index (χ3v) is 4.24. The van der Waals surface area contributed by atoms with Gasteiger partial charge in [-0.05, 0) is 24.7 Å². The van der Waals surface area contributed by atoms with Crippen molar-refractivity contribution in [3.8, 4) is 0 Å². The molecule has 0 heterocycles. The molecule has 0 bridgehead atoms. The molecule has 1 fully saturated rings. The van der Waals surface area contributed by atoms with E-state index in [1.54, 1.807) is 0 Å². The normalized spacial score (nSPS) is 31.3. The van der Waals surface area contributed by atoms with Crippen molar-refractivity contribution in [1.82, 2.24) is 0 Å². The number of hydrogen-bond donors (Lipinski definition) is 1. The van der Waals surface area contributed by atoms with Gasteiger partial charge in [-0.1, -0.05) is 40.0 Å². The van der Waals surface area contributed by atoms with Gasteiger partial charge >= 0.3 is 5.97 Å². The first-order valence-corrected chi connectivity index (χ1v) is 6.77. The Morgan fingerprint density at radius 3 is 2.59 bits per heavy atom. The molecule has 0 aromatic heterocycles. The van der Waals surface area contributed by atoms with Gasteiger partial charge in [-0.25, -0.2) is 0 Å². The minimum Gasteiger partial charge on any atom is -0.469 e. The predicted octanol–water partition coefficient (Wildman–Crippen LogP) is 2.76. The lowest BCUT2D eigenvalue weighted by Crippen LogP contribution is -2.52. The van der Waals surface area contributed by atoms with Crippen LogP contribution in [0.4, 0.5) is 0 Å². The van der Waals surface area contributed by atoms with Crippen molar-refractivity contribution in [2.45, 2.75) is 58.5 Å². The zero-order valence-corrected chi connectivity index (χ0v) is 11.5. The van der Waals surface area contributed by atoms with Gasteiger partial charge in [-0.2, -0.15) is 0 Å². The number of carbonyl (C=O) groups excluding carboxylic acids is 1. The van der Waals surface area contributed by atoms with Crippen LogP contribution in [0.5, 0.6) is 0 Å². The van der Waals surface area contributed by atoms with Crippen molar-refractivity contribution in [1.29, 1.82) is 0 Å². The Bertz CT molecular complexity index is 262. The Morgan fingerprint density at radius 2 is 2.12 bits per heavy atom. The summed E-state index contributed by atoms with van der Waals surface area (Å²) in [6.45, 7) is 6.07. The van der Waals surface area contributed by atoms with Crippen molar-refractivity contribution in [2.75, 3.05) is 7.11 Å². The van der Waals surface area contributed by atoms with Gasteiger partial charge in [0.1, 0.15) is 0 Å². The molecule has 17 heavy (non-hydrogen) atoms. The number of esters is 1. The van der Waals surface area contributed by atoms with Gasteiger partial charge in [0.2, 0.25) is 0 Å². The Kier molecular flexibility index (Phi) is 4.99. The van der Waals surface area contributed by atoms with Gasteiger partial charge in [0, 0.05) is 0 Å². The molecule has 0 saturated heterocycles. The third-order valence-electron chi connectivity index (χ3n) is 4.24. The summed E-state index contributed by atoms with van der Waals surface area (Å²) in [4.78, 5) is 11.9. The summed E-state index contributed by atoms with van der Waals surface area (Å²) < 4.78 is 4.89. The molecule has 1 rings (SSSR count). The lowest BCUT2D eigenvalue weighted by Gasteiger charge is -2.45. The van der Waals surface area contributed by atoms with E-state index in [9.17, 15) is 9.90 Å². The molecule has 0 aromatic carbocycles. The molecule has 0 aromatic rings. The first-order chi connectivity index (χ1) is 7.97. The van der Waals surface area contributed by atoms with Crippen LogP contribution < -0.4 is 0 Å². The van der Waals surface area contributed by atoms with E-state index in [1.165, 1.54) is 7.11 Å². The maximum atomic E-state index is 11.9. The van der Waals surface area contributed by atoms with Crippen LogP contribution in [0.15, 0.2) is 0 Å². The van der Waals surface area contributed by atoms with Crippen LogP contribution in [0.3, 0.4) is 0 Å². The van der Waals surface area contributed by atoms with Gasteiger partial charge < -0.3 is 9.84 Å². The number of hydrogen-bond acceptors (Lipinski definition) is 3. The maximum Gasteiger partial charge on any atom is 0.311 e. The molecular formula is C14H26O3. The van der Waals surface area contributed by atoms with Crippen LogP contribution in [0.25, 0.3) is 0 Å². The highest BCUT2D eigenvalue weighted by Crippen LogP contribution is 2.43. The molecule has 3 nitrogen and oxygen atoms in total. The summed E-state index contributed by atoms with van der Waals surface area (Å²) in [5.41, 5.74) is -0.867. The monoisotopic (exact) mass is 242 g/mol. The standard InChI is InChI=1S/C14H26O3/c1-5-11-8-6-7-9-14(11,16)12(10(2)3)13(15)17-4/h10-12,16H,5-9H2,1-4H3. The van der Waals surface area contributed by atoms with E-state index < -0.39 is 11.5 Å². The smallest absolute Gasteiger partial charge is 0.311 e. The van der Waals surface area contributed by atoms with Crippen LogP contribution in [0.1, 0.15) is 52.9 Å². The second-order valence-electron chi connectivity index (χ2n) is 5.59. The molecule has 1 N–H and O–H groups in total. The molecule has 1 saturated carbocycles. The van der Waals surface area contributed by atoms with Crippen molar-refractivity contribution in [3.05, 3.63) is 0 Å². The zero-order valence-electron chi connectivity index (χ0n) is 11.5. The van der Waals surface area contributed by atoms with Crippen molar-refractivity contribution < 1.29 is 14.6 Å². The quantitative estimate of drug-likeness (QED) is 0.771. The van der Waals surface area contributed by atoms with Crippen molar-refractivity contribution in [2.24, 2.45) is 17.8 Å².